The Morgan fingerprint density at radius 2 is 1.89 bits per heavy atom. The highest BCUT2D eigenvalue weighted by Gasteiger charge is 1.93. The van der Waals surface area contributed by atoms with Crippen LogP contribution in [-0.2, 0) is 14.5 Å². The van der Waals surface area contributed by atoms with E-state index in [0.717, 1.165) is 0 Å². The van der Waals surface area contributed by atoms with Crippen molar-refractivity contribution < 1.29 is 24.8 Å². The monoisotopic (exact) mass is 132 g/mol. The maximum Gasteiger partial charge on any atom is 0.365 e. The van der Waals surface area contributed by atoms with Gasteiger partial charge in [-0.1, -0.05) is 0 Å². The summed E-state index contributed by atoms with van der Waals surface area (Å²) in [4.78, 5) is 22.6. The SMILES string of the molecule is O=C(O)/C=C\C(=O)OO. The molecule has 0 bridgehead atoms. The molecule has 0 fully saturated rings. The van der Waals surface area contributed by atoms with E-state index < -0.39 is 11.9 Å². The lowest BCUT2D eigenvalue weighted by atomic mass is 10.5. The van der Waals surface area contributed by atoms with Crippen molar-refractivity contribution in [3.05, 3.63) is 12.2 Å². The minimum absolute atomic E-state index is 0.554. The van der Waals surface area contributed by atoms with Gasteiger partial charge in [-0.2, -0.15) is 5.26 Å². The molecule has 50 valence electrons. The smallest absolute Gasteiger partial charge is 0.365 e. The van der Waals surface area contributed by atoms with Gasteiger partial charge in [0.2, 0.25) is 0 Å². The maximum atomic E-state index is 9.89. The van der Waals surface area contributed by atoms with Crippen LogP contribution in [0.25, 0.3) is 0 Å². The first-order valence-electron chi connectivity index (χ1n) is 1.93. The van der Waals surface area contributed by atoms with Gasteiger partial charge in [0, 0.05) is 12.2 Å². The number of carbonyl (C=O) groups excluding carboxylic acids is 1. The quantitative estimate of drug-likeness (QED) is 0.304. The Labute approximate surface area is 50.1 Å². The number of rotatable bonds is 2. The molecular weight excluding hydrogens is 128 g/mol. The Kier molecular flexibility index (Phi) is 3.07. The zero-order valence-corrected chi connectivity index (χ0v) is 4.27. The van der Waals surface area contributed by atoms with E-state index in [1.165, 1.54) is 0 Å². The van der Waals surface area contributed by atoms with Crippen LogP contribution in [-0.4, -0.2) is 22.3 Å². The molecule has 0 aromatic rings. The summed E-state index contributed by atoms with van der Waals surface area (Å²) >= 11 is 0. The zero-order valence-electron chi connectivity index (χ0n) is 4.27. The average molecular weight is 132 g/mol. The topological polar surface area (TPSA) is 83.8 Å². The summed E-state index contributed by atoms with van der Waals surface area (Å²) in [5.74, 6) is -2.39. The van der Waals surface area contributed by atoms with E-state index in [1.807, 2.05) is 0 Å². The van der Waals surface area contributed by atoms with Gasteiger partial charge in [0.15, 0.2) is 0 Å². The molecule has 0 saturated carbocycles. The molecule has 0 unspecified atom stereocenters. The fraction of sp³-hybridized carbons (Fsp3) is 0. The first-order valence-corrected chi connectivity index (χ1v) is 1.93. The van der Waals surface area contributed by atoms with Crippen LogP contribution in [0.2, 0.25) is 0 Å². The van der Waals surface area contributed by atoms with Gasteiger partial charge in [-0.05, 0) is 0 Å². The molecule has 0 heterocycles. The van der Waals surface area contributed by atoms with Crippen LogP contribution in [0.1, 0.15) is 0 Å². The third-order valence-corrected chi connectivity index (χ3v) is 0.452. The Morgan fingerprint density at radius 3 is 2.22 bits per heavy atom. The minimum Gasteiger partial charge on any atom is -0.478 e. The highest BCUT2D eigenvalue weighted by atomic mass is 17.1. The Bertz CT molecular complexity index is 147. The normalized spacial score (nSPS) is 9.44. The Hall–Kier alpha value is -1.36. The number of carboxylic acids is 1. The van der Waals surface area contributed by atoms with E-state index in [-0.39, 0.29) is 0 Å². The second-order valence-electron chi connectivity index (χ2n) is 1.08. The van der Waals surface area contributed by atoms with Gasteiger partial charge >= 0.3 is 11.9 Å². The van der Waals surface area contributed by atoms with Crippen LogP contribution < -0.4 is 0 Å². The summed E-state index contributed by atoms with van der Waals surface area (Å²) in [5.41, 5.74) is 0. The fourth-order valence-electron chi connectivity index (χ4n) is 0.170. The number of hydrogen-bond acceptors (Lipinski definition) is 4. The molecule has 0 aliphatic heterocycles. The van der Waals surface area contributed by atoms with Crippen molar-refractivity contribution >= 4 is 11.9 Å². The summed E-state index contributed by atoms with van der Waals surface area (Å²) in [6.07, 6.45) is 1.14. The molecule has 5 heteroatoms. The summed E-state index contributed by atoms with van der Waals surface area (Å²) < 4.78 is 0. The highest BCUT2D eigenvalue weighted by Crippen LogP contribution is 1.76. The van der Waals surface area contributed by atoms with Crippen LogP contribution >= 0.6 is 0 Å². The standard InChI is InChI=1S/C4H4O5/c5-3(6)1-2-4(7)9-8/h1-2,8H,(H,5,6)/b2-1-. The van der Waals surface area contributed by atoms with Crippen LogP contribution in [0.5, 0.6) is 0 Å². The van der Waals surface area contributed by atoms with Gasteiger partial charge in [-0.15, -0.1) is 0 Å². The van der Waals surface area contributed by atoms with Crippen molar-refractivity contribution in [2.75, 3.05) is 0 Å². The first kappa shape index (κ1) is 7.64. The van der Waals surface area contributed by atoms with Gasteiger partial charge in [0.05, 0.1) is 0 Å². The van der Waals surface area contributed by atoms with Crippen molar-refractivity contribution in [1.29, 1.82) is 0 Å². The molecule has 0 aromatic carbocycles. The van der Waals surface area contributed by atoms with Gasteiger partial charge in [0.25, 0.3) is 0 Å². The Morgan fingerprint density at radius 1 is 1.33 bits per heavy atom. The molecule has 9 heavy (non-hydrogen) atoms. The second-order valence-corrected chi connectivity index (χ2v) is 1.08. The van der Waals surface area contributed by atoms with Crippen LogP contribution in [0.4, 0.5) is 0 Å². The van der Waals surface area contributed by atoms with E-state index in [2.05, 4.69) is 4.89 Å². The summed E-state index contributed by atoms with van der Waals surface area (Å²) in [6.45, 7) is 0. The lowest BCUT2D eigenvalue weighted by molar-refractivity contribution is -0.228. The largest absolute Gasteiger partial charge is 0.478 e. The molecule has 0 saturated heterocycles. The van der Waals surface area contributed by atoms with E-state index >= 15 is 0 Å². The highest BCUT2D eigenvalue weighted by molar-refractivity contribution is 5.90. The van der Waals surface area contributed by atoms with Crippen molar-refractivity contribution in [1.82, 2.24) is 0 Å². The van der Waals surface area contributed by atoms with Crippen molar-refractivity contribution in [3.63, 3.8) is 0 Å². The van der Waals surface area contributed by atoms with Gasteiger partial charge in [-0.3, -0.25) is 4.89 Å². The average Bonchev–Trinajstić information content (AvgIpc) is 1.83. The number of hydrogen-bond donors (Lipinski definition) is 2. The molecule has 0 spiro atoms. The predicted molar refractivity (Wildman–Crippen MR) is 25.5 cm³/mol. The van der Waals surface area contributed by atoms with E-state index in [1.54, 1.807) is 0 Å². The van der Waals surface area contributed by atoms with Crippen molar-refractivity contribution in [2.24, 2.45) is 0 Å². The van der Waals surface area contributed by atoms with Crippen LogP contribution in [0, 0.1) is 0 Å². The molecule has 0 rings (SSSR count). The van der Waals surface area contributed by atoms with E-state index in [0.29, 0.717) is 12.2 Å². The second kappa shape index (κ2) is 3.62. The molecule has 0 radical (unpaired) electrons. The Balaban J connectivity index is 3.71. The fourth-order valence-corrected chi connectivity index (χ4v) is 0.170. The van der Waals surface area contributed by atoms with Crippen LogP contribution in [0.15, 0.2) is 12.2 Å². The van der Waals surface area contributed by atoms with E-state index in [9.17, 15) is 9.59 Å². The molecule has 2 N–H and O–H groups in total. The van der Waals surface area contributed by atoms with E-state index in [4.69, 9.17) is 10.4 Å². The summed E-state index contributed by atoms with van der Waals surface area (Å²) in [6, 6.07) is 0. The van der Waals surface area contributed by atoms with Gasteiger partial charge in [-0.25, -0.2) is 9.59 Å². The molecule has 0 aliphatic rings. The third kappa shape index (κ3) is 4.49. The molecule has 0 aromatic heterocycles. The van der Waals surface area contributed by atoms with Crippen LogP contribution in [0.3, 0.4) is 0 Å². The lowest BCUT2D eigenvalue weighted by Crippen LogP contribution is -1.96. The molecule has 5 nitrogen and oxygen atoms in total. The number of carbonyl (C=O) groups is 2. The molecule has 0 aliphatic carbocycles. The predicted octanol–water partition coefficient (Wildman–Crippen LogP) is -0.357. The molecule has 0 amide bonds. The summed E-state index contributed by atoms with van der Waals surface area (Å²) in [7, 11) is 0. The zero-order chi connectivity index (χ0) is 7.28. The van der Waals surface area contributed by atoms with Gasteiger partial charge in [0.1, 0.15) is 0 Å². The number of carboxylic acid groups (broad SMARTS) is 1. The van der Waals surface area contributed by atoms with Gasteiger partial charge < -0.3 is 5.11 Å². The van der Waals surface area contributed by atoms with Crippen molar-refractivity contribution in [2.45, 2.75) is 0 Å². The first-order chi connectivity index (χ1) is 4.16. The maximum absolute atomic E-state index is 9.89. The molecule has 0 atom stereocenters. The molecular formula is C4H4O5. The number of aliphatic carboxylic acids is 1. The van der Waals surface area contributed by atoms with Crippen molar-refractivity contribution in [3.8, 4) is 0 Å². The third-order valence-electron chi connectivity index (χ3n) is 0.452. The lowest BCUT2D eigenvalue weighted by Gasteiger charge is -1.82. The minimum atomic E-state index is -1.28. The summed E-state index contributed by atoms with van der Waals surface area (Å²) in [5, 5.41) is 15.4.